The Balaban J connectivity index is 1.55. The van der Waals surface area contributed by atoms with Gasteiger partial charge in [-0.1, -0.05) is 28.1 Å². The molecule has 5 rings (SSSR count). The first-order valence-corrected chi connectivity index (χ1v) is 8.69. The van der Waals surface area contributed by atoms with E-state index in [4.69, 9.17) is 0 Å². The molecule has 112 valence electrons. The van der Waals surface area contributed by atoms with Crippen LogP contribution in [0.2, 0.25) is 0 Å². The Bertz CT molecular complexity index is 540. The molecule has 0 N–H and O–H groups in total. The van der Waals surface area contributed by atoms with Gasteiger partial charge in [0.1, 0.15) is 0 Å². The first kappa shape index (κ1) is 13.8. The van der Waals surface area contributed by atoms with Gasteiger partial charge in [0.05, 0.1) is 0 Å². The SMILES string of the molecule is CC(=O)N1C[C@@H]2C(c3ccc(Br)cc3)[C@H](C1)N2CC1CC1. The van der Waals surface area contributed by atoms with E-state index in [1.807, 2.05) is 4.90 Å². The van der Waals surface area contributed by atoms with Crippen molar-refractivity contribution in [2.45, 2.75) is 37.8 Å². The molecule has 1 aromatic carbocycles. The molecule has 0 radical (unpaired) electrons. The van der Waals surface area contributed by atoms with Gasteiger partial charge in [-0.2, -0.15) is 0 Å². The normalized spacial score (nSPS) is 31.9. The molecule has 1 amide bonds. The summed E-state index contributed by atoms with van der Waals surface area (Å²) in [6.07, 6.45) is 2.80. The topological polar surface area (TPSA) is 23.6 Å². The van der Waals surface area contributed by atoms with E-state index in [0.29, 0.717) is 18.0 Å². The molecule has 3 heterocycles. The number of piperidine rings is 1. The van der Waals surface area contributed by atoms with Crippen LogP contribution in [0.3, 0.4) is 0 Å². The summed E-state index contributed by atoms with van der Waals surface area (Å²) >= 11 is 3.51. The van der Waals surface area contributed by atoms with Crippen LogP contribution >= 0.6 is 15.9 Å². The van der Waals surface area contributed by atoms with Gasteiger partial charge in [0.2, 0.25) is 5.91 Å². The maximum Gasteiger partial charge on any atom is 0.219 e. The second kappa shape index (κ2) is 5.10. The molecule has 3 aliphatic heterocycles. The van der Waals surface area contributed by atoms with Crippen molar-refractivity contribution < 1.29 is 4.79 Å². The minimum atomic E-state index is 0.227. The molecule has 1 aliphatic carbocycles. The molecule has 3 saturated heterocycles. The van der Waals surface area contributed by atoms with Crippen LogP contribution in [0.15, 0.2) is 28.7 Å². The molecule has 1 aromatic rings. The number of rotatable bonds is 3. The van der Waals surface area contributed by atoms with E-state index in [-0.39, 0.29) is 5.91 Å². The van der Waals surface area contributed by atoms with Crippen molar-refractivity contribution in [3.8, 4) is 0 Å². The lowest BCUT2D eigenvalue weighted by Gasteiger charge is -2.62. The largest absolute Gasteiger partial charge is 0.340 e. The summed E-state index contributed by atoms with van der Waals surface area (Å²) < 4.78 is 1.14. The first-order chi connectivity index (χ1) is 10.1. The van der Waals surface area contributed by atoms with Crippen molar-refractivity contribution in [1.82, 2.24) is 9.80 Å². The summed E-state index contributed by atoms with van der Waals surface area (Å²) in [5, 5.41) is 0. The van der Waals surface area contributed by atoms with Crippen molar-refractivity contribution in [3.05, 3.63) is 34.3 Å². The van der Waals surface area contributed by atoms with Crippen molar-refractivity contribution in [1.29, 1.82) is 0 Å². The minimum absolute atomic E-state index is 0.227. The first-order valence-electron chi connectivity index (χ1n) is 7.90. The van der Waals surface area contributed by atoms with Gasteiger partial charge < -0.3 is 4.90 Å². The number of fused-ring (bicyclic) bond motifs is 2. The van der Waals surface area contributed by atoms with Gasteiger partial charge in [-0.3, -0.25) is 9.69 Å². The van der Waals surface area contributed by atoms with E-state index >= 15 is 0 Å². The van der Waals surface area contributed by atoms with Crippen molar-refractivity contribution >= 4 is 21.8 Å². The molecule has 4 fully saturated rings. The number of benzene rings is 1. The molecule has 0 aromatic heterocycles. The molecular formula is C17H21BrN2O. The smallest absolute Gasteiger partial charge is 0.219 e. The zero-order chi connectivity index (χ0) is 14.6. The standard InChI is InChI=1S/C17H21BrN2O/c1-11(21)19-9-15-17(13-4-6-14(18)7-5-13)16(10-19)20(15)8-12-2-3-12/h4-7,12,15-17H,2-3,8-10H2,1H3/t15-,16+,17?. The third-order valence-corrected chi connectivity index (χ3v) is 5.89. The molecule has 2 bridgehead atoms. The van der Waals surface area contributed by atoms with Gasteiger partial charge in [-0.15, -0.1) is 0 Å². The molecule has 3 nitrogen and oxygen atoms in total. The molecule has 1 unspecified atom stereocenters. The zero-order valence-corrected chi connectivity index (χ0v) is 13.9. The highest BCUT2D eigenvalue weighted by molar-refractivity contribution is 9.10. The number of hydrogen-bond donors (Lipinski definition) is 0. The fourth-order valence-corrected chi connectivity index (χ4v) is 4.30. The number of carbonyl (C=O) groups excluding carboxylic acids is 1. The average molecular weight is 349 g/mol. The number of nitrogens with zero attached hydrogens (tertiary/aromatic N) is 2. The Labute approximate surface area is 134 Å². The number of piperazine rings is 1. The highest BCUT2D eigenvalue weighted by Crippen LogP contribution is 2.47. The molecule has 21 heavy (non-hydrogen) atoms. The summed E-state index contributed by atoms with van der Waals surface area (Å²) in [7, 11) is 0. The lowest BCUT2D eigenvalue weighted by atomic mass is 9.71. The summed E-state index contributed by atoms with van der Waals surface area (Å²) in [5.41, 5.74) is 1.43. The molecule has 0 spiro atoms. The van der Waals surface area contributed by atoms with E-state index in [1.165, 1.54) is 24.9 Å². The Hall–Kier alpha value is -0.870. The van der Waals surface area contributed by atoms with Crippen LogP contribution in [0.25, 0.3) is 0 Å². The number of amides is 1. The Kier molecular flexibility index (Phi) is 3.34. The van der Waals surface area contributed by atoms with Gasteiger partial charge in [-0.25, -0.2) is 0 Å². The summed E-state index contributed by atoms with van der Waals surface area (Å²) in [6.45, 7) is 4.75. The van der Waals surface area contributed by atoms with E-state index in [1.54, 1.807) is 6.92 Å². The van der Waals surface area contributed by atoms with Crippen LogP contribution in [-0.2, 0) is 4.79 Å². The lowest BCUT2D eigenvalue weighted by Crippen LogP contribution is -2.73. The molecule has 1 saturated carbocycles. The number of hydrogen-bond acceptors (Lipinski definition) is 2. The van der Waals surface area contributed by atoms with Crippen molar-refractivity contribution in [2.75, 3.05) is 19.6 Å². The van der Waals surface area contributed by atoms with Crippen LogP contribution in [0.1, 0.15) is 31.2 Å². The summed E-state index contributed by atoms with van der Waals surface area (Å²) in [5.74, 6) is 1.75. The highest BCUT2D eigenvalue weighted by atomic mass is 79.9. The fourth-order valence-electron chi connectivity index (χ4n) is 4.03. The van der Waals surface area contributed by atoms with Gasteiger partial charge in [0.15, 0.2) is 0 Å². The second-order valence-corrected chi connectivity index (χ2v) is 7.69. The minimum Gasteiger partial charge on any atom is -0.340 e. The summed E-state index contributed by atoms with van der Waals surface area (Å²) in [4.78, 5) is 16.4. The van der Waals surface area contributed by atoms with E-state index in [9.17, 15) is 4.79 Å². The third-order valence-electron chi connectivity index (χ3n) is 5.36. The average Bonchev–Trinajstić information content (AvgIpc) is 3.29. The zero-order valence-electron chi connectivity index (χ0n) is 12.3. The summed E-state index contributed by atoms with van der Waals surface area (Å²) in [6, 6.07) is 9.80. The lowest BCUT2D eigenvalue weighted by molar-refractivity contribution is -0.145. The van der Waals surface area contributed by atoms with Gasteiger partial charge in [0.25, 0.3) is 0 Å². The third kappa shape index (κ3) is 2.42. The van der Waals surface area contributed by atoms with Gasteiger partial charge in [-0.05, 0) is 36.5 Å². The van der Waals surface area contributed by atoms with Crippen LogP contribution < -0.4 is 0 Å². The van der Waals surface area contributed by atoms with Crippen molar-refractivity contribution in [2.24, 2.45) is 5.92 Å². The van der Waals surface area contributed by atoms with E-state index in [0.717, 1.165) is 23.5 Å². The maximum atomic E-state index is 11.7. The molecule has 4 aliphatic rings. The highest BCUT2D eigenvalue weighted by Gasteiger charge is 2.54. The molecular weight excluding hydrogens is 328 g/mol. The fraction of sp³-hybridized carbons (Fsp3) is 0.588. The van der Waals surface area contributed by atoms with Crippen molar-refractivity contribution in [3.63, 3.8) is 0 Å². The Morgan fingerprint density at radius 3 is 2.33 bits per heavy atom. The number of halogens is 1. The Morgan fingerprint density at radius 1 is 1.19 bits per heavy atom. The van der Waals surface area contributed by atoms with Gasteiger partial charge in [0, 0.05) is 49.0 Å². The predicted octanol–water partition coefficient (Wildman–Crippen LogP) is 2.86. The quantitative estimate of drug-likeness (QED) is 0.838. The van der Waals surface area contributed by atoms with Crippen LogP contribution in [0, 0.1) is 5.92 Å². The van der Waals surface area contributed by atoms with Gasteiger partial charge >= 0.3 is 0 Å². The van der Waals surface area contributed by atoms with Crippen LogP contribution in [-0.4, -0.2) is 47.4 Å². The van der Waals surface area contributed by atoms with Crippen LogP contribution in [0.5, 0.6) is 0 Å². The van der Waals surface area contributed by atoms with Crippen LogP contribution in [0.4, 0.5) is 0 Å². The predicted molar refractivity (Wildman–Crippen MR) is 86.1 cm³/mol. The second-order valence-electron chi connectivity index (χ2n) is 6.78. The Morgan fingerprint density at radius 2 is 1.81 bits per heavy atom. The monoisotopic (exact) mass is 348 g/mol. The van der Waals surface area contributed by atoms with E-state index in [2.05, 4.69) is 45.1 Å². The molecule has 4 heteroatoms. The molecule has 3 atom stereocenters. The van der Waals surface area contributed by atoms with E-state index < -0.39 is 0 Å². The number of carbonyl (C=O) groups is 1. The maximum absolute atomic E-state index is 11.7.